The lowest BCUT2D eigenvalue weighted by molar-refractivity contribution is -0.384. The third-order valence-corrected chi connectivity index (χ3v) is 5.32. The Balaban J connectivity index is 1.56. The number of hydrogen-bond donors (Lipinski definition) is 1. The molecule has 34 heavy (non-hydrogen) atoms. The number of anilines is 1. The molecule has 1 N–H and O–H groups in total. The van der Waals surface area contributed by atoms with E-state index < -0.39 is 35.2 Å². The summed E-state index contributed by atoms with van der Waals surface area (Å²) in [4.78, 5) is 62.3. The minimum Gasteiger partial charge on any atom is -0.440 e. The number of rotatable bonds is 7. The molecule has 3 aromatic rings. The number of ketones is 1. The number of carbonyl (C=O) groups excluding carboxylic acids is 4. The first-order valence-corrected chi connectivity index (χ1v) is 10.1. The maximum absolute atomic E-state index is 13.1. The minimum absolute atomic E-state index is 0.00583. The molecule has 2 amide bonds. The van der Waals surface area contributed by atoms with Crippen molar-refractivity contribution in [1.29, 1.82) is 0 Å². The second-order valence-corrected chi connectivity index (χ2v) is 7.26. The van der Waals surface area contributed by atoms with E-state index in [4.69, 9.17) is 4.74 Å². The lowest BCUT2D eigenvalue weighted by Crippen LogP contribution is -2.33. The minimum atomic E-state index is -0.929. The Morgan fingerprint density at radius 3 is 2.12 bits per heavy atom. The van der Waals surface area contributed by atoms with Crippen LogP contribution >= 0.6 is 0 Å². The normalized spacial score (nSPS) is 12.3. The number of carbonyl (C=O) groups is 4. The number of amides is 2. The summed E-state index contributed by atoms with van der Waals surface area (Å²) in [5.41, 5.74) is 0.225. The first-order chi connectivity index (χ1) is 16.3. The van der Waals surface area contributed by atoms with Gasteiger partial charge < -0.3 is 10.1 Å². The maximum Gasteiger partial charge on any atom is 0.340 e. The van der Waals surface area contributed by atoms with Crippen molar-refractivity contribution in [2.75, 3.05) is 19.1 Å². The van der Waals surface area contributed by atoms with Crippen LogP contribution in [0.2, 0.25) is 0 Å². The highest BCUT2D eigenvalue weighted by Crippen LogP contribution is 2.27. The molecule has 1 heterocycles. The molecule has 0 atom stereocenters. The van der Waals surface area contributed by atoms with Crippen LogP contribution in [0.4, 0.5) is 11.4 Å². The van der Waals surface area contributed by atoms with Crippen molar-refractivity contribution >= 4 is 34.9 Å². The molecule has 0 fully saturated rings. The van der Waals surface area contributed by atoms with Gasteiger partial charge in [-0.15, -0.1) is 0 Å². The highest BCUT2D eigenvalue weighted by molar-refractivity contribution is 6.21. The molecule has 1 aliphatic heterocycles. The monoisotopic (exact) mass is 459 g/mol. The molecule has 170 valence electrons. The van der Waals surface area contributed by atoms with Gasteiger partial charge in [-0.05, 0) is 30.3 Å². The zero-order valence-electron chi connectivity index (χ0n) is 17.8. The molecule has 0 saturated carbocycles. The fraction of sp³-hybridized carbons (Fsp3) is 0.0833. The zero-order valence-corrected chi connectivity index (χ0v) is 17.8. The predicted octanol–water partition coefficient (Wildman–Crippen LogP) is 3.28. The van der Waals surface area contributed by atoms with E-state index >= 15 is 0 Å². The first-order valence-electron chi connectivity index (χ1n) is 10.1. The van der Waals surface area contributed by atoms with Crippen molar-refractivity contribution in [3.05, 3.63) is 105 Å². The number of nitrogens with zero attached hydrogens (tertiary/aromatic N) is 2. The molecule has 1 aliphatic rings. The Kier molecular flexibility index (Phi) is 5.88. The van der Waals surface area contributed by atoms with Crippen molar-refractivity contribution in [2.24, 2.45) is 0 Å². The van der Waals surface area contributed by atoms with Gasteiger partial charge in [-0.2, -0.15) is 0 Å². The van der Waals surface area contributed by atoms with Gasteiger partial charge >= 0.3 is 5.97 Å². The van der Waals surface area contributed by atoms with Crippen molar-refractivity contribution in [1.82, 2.24) is 4.90 Å². The average molecular weight is 459 g/mol. The van der Waals surface area contributed by atoms with E-state index in [0.717, 1.165) is 11.0 Å². The molecule has 0 bridgehead atoms. The van der Waals surface area contributed by atoms with E-state index in [9.17, 15) is 29.3 Å². The van der Waals surface area contributed by atoms with Gasteiger partial charge in [0.05, 0.1) is 21.6 Å². The van der Waals surface area contributed by atoms with Gasteiger partial charge in [0.15, 0.2) is 12.5 Å². The van der Waals surface area contributed by atoms with E-state index in [1.807, 2.05) is 0 Å². The summed E-state index contributed by atoms with van der Waals surface area (Å²) in [7, 11) is 1.52. The highest BCUT2D eigenvalue weighted by atomic mass is 16.6. The van der Waals surface area contributed by atoms with Crippen LogP contribution < -0.4 is 5.32 Å². The van der Waals surface area contributed by atoms with Crippen LogP contribution in [0.15, 0.2) is 66.7 Å². The van der Waals surface area contributed by atoms with E-state index in [2.05, 4.69) is 5.32 Å². The van der Waals surface area contributed by atoms with E-state index in [1.54, 1.807) is 12.1 Å². The van der Waals surface area contributed by atoms with Crippen LogP contribution in [0.3, 0.4) is 0 Å². The number of esters is 1. The van der Waals surface area contributed by atoms with Gasteiger partial charge in [0.25, 0.3) is 17.5 Å². The Bertz CT molecular complexity index is 1330. The SMILES string of the molecule is CNc1ccc(C(=O)c2ccccc2C(=O)OCN2C(=O)c3ccccc3C2=O)cc1[N+](=O)[O-]. The third-order valence-electron chi connectivity index (χ3n) is 5.32. The number of nitro benzene ring substituents is 1. The summed E-state index contributed by atoms with van der Waals surface area (Å²) >= 11 is 0. The van der Waals surface area contributed by atoms with E-state index in [0.29, 0.717) is 0 Å². The summed E-state index contributed by atoms with van der Waals surface area (Å²) in [5, 5.41) is 14.0. The summed E-state index contributed by atoms with van der Waals surface area (Å²) in [6.45, 7) is -0.629. The number of nitro groups is 1. The number of nitrogens with one attached hydrogen (secondary N) is 1. The maximum atomic E-state index is 13.1. The zero-order chi connectivity index (χ0) is 24.4. The summed E-state index contributed by atoms with van der Waals surface area (Å²) in [6, 6.07) is 16.0. The average Bonchev–Trinajstić information content (AvgIpc) is 3.11. The molecule has 0 saturated heterocycles. The second-order valence-electron chi connectivity index (χ2n) is 7.26. The lowest BCUT2D eigenvalue weighted by atomic mass is 9.97. The van der Waals surface area contributed by atoms with Crippen LogP contribution in [0.1, 0.15) is 47.0 Å². The van der Waals surface area contributed by atoms with Gasteiger partial charge in [-0.3, -0.25) is 24.5 Å². The standard InChI is InChI=1S/C24H17N3O7/c1-25-19-11-10-14(12-20(19)27(32)33)21(28)15-6-2-5-9-18(15)24(31)34-13-26-22(29)16-7-3-4-8-17(16)23(26)30/h2-12,25H,13H2,1H3. The van der Waals surface area contributed by atoms with Crippen LogP contribution in [0, 0.1) is 10.1 Å². The van der Waals surface area contributed by atoms with Crippen LogP contribution in [0.25, 0.3) is 0 Å². The molecule has 0 spiro atoms. The molecule has 0 unspecified atom stereocenters. The first kappa shape index (κ1) is 22.3. The second kappa shape index (κ2) is 8.94. The summed E-state index contributed by atoms with van der Waals surface area (Å²) in [6.07, 6.45) is 0. The van der Waals surface area contributed by atoms with E-state index in [1.165, 1.54) is 55.6 Å². The largest absolute Gasteiger partial charge is 0.440 e. The van der Waals surface area contributed by atoms with Crippen LogP contribution in [-0.2, 0) is 4.74 Å². The van der Waals surface area contributed by atoms with Crippen LogP contribution in [-0.4, -0.2) is 47.2 Å². The predicted molar refractivity (Wildman–Crippen MR) is 120 cm³/mol. The van der Waals surface area contributed by atoms with Gasteiger partial charge in [0.1, 0.15) is 5.69 Å². The Labute approximate surface area is 192 Å². The van der Waals surface area contributed by atoms with Crippen LogP contribution in [0.5, 0.6) is 0 Å². The van der Waals surface area contributed by atoms with Gasteiger partial charge in [0.2, 0.25) is 0 Å². The highest BCUT2D eigenvalue weighted by Gasteiger charge is 2.36. The van der Waals surface area contributed by atoms with E-state index in [-0.39, 0.29) is 39.2 Å². The molecule has 10 nitrogen and oxygen atoms in total. The number of imide groups is 1. The Morgan fingerprint density at radius 2 is 1.53 bits per heavy atom. The van der Waals surface area contributed by atoms with Crippen molar-refractivity contribution < 1.29 is 28.8 Å². The number of hydrogen-bond acceptors (Lipinski definition) is 8. The molecular formula is C24H17N3O7. The topological polar surface area (TPSA) is 136 Å². The number of benzene rings is 3. The Hall–Kier alpha value is -4.86. The fourth-order valence-electron chi connectivity index (χ4n) is 3.61. The van der Waals surface area contributed by atoms with Gasteiger partial charge in [-0.25, -0.2) is 9.69 Å². The molecule has 0 aromatic heterocycles. The summed E-state index contributed by atoms with van der Waals surface area (Å²) in [5.74, 6) is -2.73. The number of fused-ring (bicyclic) bond motifs is 1. The van der Waals surface area contributed by atoms with Crippen molar-refractivity contribution in [3.63, 3.8) is 0 Å². The van der Waals surface area contributed by atoms with Gasteiger partial charge in [0, 0.05) is 24.2 Å². The quantitative estimate of drug-likeness (QED) is 0.187. The molecule has 10 heteroatoms. The number of ether oxygens (including phenoxy) is 1. The lowest BCUT2D eigenvalue weighted by Gasteiger charge is -2.15. The smallest absolute Gasteiger partial charge is 0.340 e. The van der Waals surface area contributed by atoms with Gasteiger partial charge in [-0.1, -0.05) is 30.3 Å². The molecule has 3 aromatic carbocycles. The third kappa shape index (κ3) is 3.88. The molecular weight excluding hydrogens is 442 g/mol. The molecule has 0 aliphatic carbocycles. The summed E-state index contributed by atoms with van der Waals surface area (Å²) < 4.78 is 5.18. The molecule has 0 radical (unpaired) electrons. The van der Waals surface area contributed by atoms with Crippen molar-refractivity contribution in [2.45, 2.75) is 0 Å². The fourth-order valence-corrected chi connectivity index (χ4v) is 3.61. The Morgan fingerprint density at radius 1 is 0.941 bits per heavy atom. The molecule has 4 rings (SSSR count). The van der Waals surface area contributed by atoms with Crippen molar-refractivity contribution in [3.8, 4) is 0 Å².